The zero-order valence-corrected chi connectivity index (χ0v) is 13.5. The van der Waals surface area contributed by atoms with Crippen LogP contribution in [0, 0.1) is 5.82 Å². The van der Waals surface area contributed by atoms with Crippen LogP contribution in [0.2, 0.25) is 0 Å². The van der Waals surface area contributed by atoms with Gasteiger partial charge in [-0.2, -0.15) is 0 Å². The maximum atomic E-state index is 13.1. The molecule has 0 radical (unpaired) electrons. The summed E-state index contributed by atoms with van der Waals surface area (Å²) in [7, 11) is 0. The number of carbonyl (C=O) groups is 2. The van der Waals surface area contributed by atoms with E-state index in [4.69, 9.17) is 5.11 Å². The molecule has 0 saturated carbocycles. The van der Waals surface area contributed by atoms with Gasteiger partial charge in [-0.3, -0.25) is 4.79 Å². The monoisotopic (exact) mass is 415 g/mol. The Kier molecular flexibility index (Phi) is 4.74. The predicted molar refractivity (Wildman–Crippen MR) is 83.2 cm³/mol. The molecule has 2 rings (SSSR count). The second kappa shape index (κ2) is 6.36. The first-order chi connectivity index (χ1) is 9.88. The number of carboxylic acid groups (broad SMARTS) is 1. The fourth-order valence-corrected chi connectivity index (χ4v) is 2.89. The molecule has 7 heteroatoms. The van der Waals surface area contributed by atoms with Gasteiger partial charge in [0.05, 0.1) is 16.8 Å². The second-order valence-electron chi connectivity index (χ2n) is 4.07. The molecule has 2 N–H and O–H groups in total. The lowest BCUT2D eigenvalue weighted by Crippen LogP contribution is -2.15. The Bertz CT molecular complexity index is 734. The highest BCUT2D eigenvalue weighted by atomic mass is 79.9. The third-order valence-corrected chi connectivity index (χ3v) is 3.79. The van der Waals surface area contributed by atoms with Gasteiger partial charge in [-0.1, -0.05) is 15.9 Å². The van der Waals surface area contributed by atoms with Crippen molar-refractivity contribution >= 4 is 49.4 Å². The Morgan fingerprint density at radius 1 is 1.05 bits per heavy atom. The fraction of sp³-hybridized carbons (Fsp3) is 0. The van der Waals surface area contributed by atoms with Crippen LogP contribution in [0.5, 0.6) is 0 Å². The summed E-state index contributed by atoms with van der Waals surface area (Å²) in [6, 6.07) is 8.10. The molecule has 0 aliphatic rings. The van der Waals surface area contributed by atoms with Gasteiger partial charge < -0.3 is 10.4 Å². The highest BCUT2D eigenvalue weighted by molar-refractivity contribution is 9.11. The van der Waals surface area contributed by atoms with Crippen molar-refractivity contribution in [3.05, 3.63) is 62.3 Å². The lowest BCUT2D eigenvalue weighted by molar-refractivity contribution is 0.0697. The van der Waals surface area contributed by atoms with Crippen LogP contribution in [-0.4, -0.2) is 17.0 Å². The zero-order chi connectivity index (χ0) is 15.6. The van der Waals surface area contributed by atoms with Crippen LogP contribution < -0.4 is 5.32 Å². The third kappa shape index (κ3) is 3.68. The molecule has 0 aliphatic heterocycles. The predicted octanol–water partition coefficient (Wildman–Crippen LogP) is 4.30. The Labute approximate surface area is 136 Å². The van der Waals surface area contributed by atoms with Crippen molar-refractivity contribution in [1.29, 1.82) is 0 Å². The van der Waals surface area contributed by atoms with Gasteiger partial charge in [0.2, 0.25) is 0 Å². The summed E-state index contributed by atoms with van der Waals surface area (Å²) in [5.41, 5.74) is 0.0548. The summed E-state index contributed by atoms with van der Waals surface area (Å²) in [5, 5.41) is 11.5. The van der Waals surface area contributed by atoms with Gasteiger partial charge in [-0.25, -0.2) is 9.18 Å². The van der Waals surface area contributed by atoms with Gasteiger partial charge in [-0.05, 0) is 52.3 Å². The number of benzene rings is 2. The largest absolute Gasteiger partial charge is 0.478 e. The molecule has 0 saturated heterocycles. The first-order valence-corrected chi connectivity index (χ1v) is 7.26. The van der Waals surface area contributed by atoms with Gasteiger partial charge >= 0.3 is 5.97 Å². The third-order valence-electron chi connectivity index (χ3n) is 2.64. The number of rotatable bonds is 3. The SMILES string of the molecule is O=C(Nc1ccc(F)cc1C(=O)O)c1ccc(Br)cc1Br. The van der Waals surface area contributed by atoms with Crippen molar-refractivity contribution in [2.24, 2.45) is 0 Å². The Balaban J connectivity index is 2.34. The molecule has 0 heterocycles. The summed E-state index contributed by atoms with van der Waals surface area (Å²) < 4.78 is 14.4. The van der Waals surface area contributed by atoms with E-state index in [1.54, 1.807) is 18.2 Å². The molecule has 21 heavy (non-hydrogen) atoms. The summed E-state index contributed by atoms with van der Waals surface area (Å²) in [4.78, 5) is 23.2. The van der Waals surface area contributed by atoms with E-state index in [1.165, 1.54) is 6.07 Å². The number of anilines is 1. The smallest absolute Gasteiger partial charge is 0.337 e. The number of nitrogens with one attached hydrogen (secondary N) is 1. The fourth-order valence-electron chi connectivity index (χ4n) is 1.67. The van der Waals surface area contributed by atoms with Crippen molar-refractivity contribution in [3.8, 4) is 0 Å². The molecule has 0 bridgehead atoms. The molecule has 0 aromatic heterocycles. The number of halogens is 3. The van der Waals surface area contributed by atoms with Gasteiger partial charge in [0.25, 0.3) is 5.91 Å². The van der Waals surface area contributed by atoms with Crippen LogP contribution in [0.25, 0.3) is 0 Å². The molecule has 0 unspecified atom stereocenters. The van der Waals surface area contributed by atoms with Crippen LogP contribution in [-0.2, 0) is 0 Å². The summed E-state index contributed by atoms with van der Waals surface area (Å²) in [5.74, 6) is -2.50. The number of amides is 1. The summed E-state index contributed by atoms with van der Waals surface area (Å²) >= 11 is 6.52. The second-order valence-corrected chi connectivity index (χ2v) is 5.84. The van der Waals surface area contributed by atoms with Gasteiger partial charge in [0.15, 0.2) is 0 Å². The lowest BCUT2D eigenvalue weighted by Gasteiger charge is -2.10. The van der Waals surface area contributed by atoms with Crippen molar-refractivity contribution in [1.82, 2.24) is 0 Å². The van der Waals surface area contributed by atoms with E-state index in [0.29, 0.717) is 10.0 Å². The highest BCUT2D eigenvalue weighted by Crippen LogP contribution is 2.24. The number of hydrogen-bond acceptors (Lipinski definition) is 2. The maximum absolute atomic E-state index is 13.1. The van der Waals surface area contributed by atoms with Crippen molar-refractivity contribution in [3.63, 3.8) is 0 Å². The summed E-state index contributed by atoms with van der Waals surface area (Å²) in [6.07, 6.45) is 0. The molecule has 108 valence electrons. The Morgan fingerprint density at radius 2 is 1.76 bits per heavy atom. The van der Waals surface area contributed by atoms with Crippen molar-refractivity contribution in [2.75, 3.05) is 5.32 Å². The van der Waals surface area contributed by atoms with E-state index in [2.05, 4.69) is 37.2 Å². The highest BCUT2D eigenvalue weighted by Gasteiger charge is 2.16. The number of hydrogen-bond donors (Lipinski definition) is 2. The molecule has 0 fully saturated rings. The molecule has 2 aromatic carbocycles. The molecule has 0 spiro atoms. The van der Waals surface area contributed by atoms with Crippen molar-refractivity contribution in [2.45, 2.75) is 0 Å². The minimum absolute atomic E-state index is 0.0312. The molecular formula is C14H8Br2FNO3. The van der Waals surface area contributed by atoms with Gasteiger partial charge in [-0.15, -0.1) is 0 Å². The van der Waals surface area contributed by atoms with Crippen LogP contribution >= 0.6 is 31.9 Å². The van der Waals surface area contributed by atoms with Crippen LogP contribution in [0.15, 0.2) is 45.3 Å². The number of aromatic carboxylic acids is 1. The van der Waals surface area contributed by atoms with Crippen LogP contribution in [0.3, 0.4) is 0 Å². The van der Waals surface area contributed by atoms with E-state index in [1.807, 2.05) is 0 Å². The van der Waals surface area contributed by atoms with Crippen LogP contribution in [0.1, 0.15) is 20.7 Å². The standard InChI is InChI=1S/C14H8Br2FNO3/c15-7-1-3-9(11(16)5-7)13(19)18-12-4-2-8(17)6-10(12)14(20)21/h1-6H,(H,18,19)(H,20,21). The van der Waals surface area contributed by atoms with E-state index in [-0.39, 0.29) is 11.3 Å². The van der Waals surface area contributed by atoms with E-state index < -0.39 is 17.7 Å². The molecule has 0 aliphatic carbocycles. The first-order valence-electron chi connectivity index (χ1n) is 5.67. The quantitative estimate of drug-likeness (QED) is 0.783. The molecular weight excluding hydrogens is 409 g/mol. The minimum Gasteiger partial charge on any atom is -0.478 e. The maximum Gasteiger partial charge on any atom is 0.337 e. The van der Waals surface area contributed by atoms with E-state index >= 15 is 0 Å². The molecule has 0 atom stereocenters. The number of carbonyl (C=O) groups excluding carboxylic acids is 1. The average molecular weight is 417 g/mol. The van der Waals surface area contributed by atoms with Gasteiger partial charge in [0.1, 0.15) is 5.82 Å². The molecule has 4 nitrogen and oxygen atoms in total. The Hall–Kier alpha value is -1.73. The van der Waals surface area contributed by atoms with Gasteiger partial charge in [0, 0.05) is 8.95 Å². The summed E-state index contributed by atoms with van der Waals surface area (Å²) in [6.45, 7) is 0. The Morgan fingerprint density at radius 3 is 2.38 bits per heavy atom. The molecule has 2 aromatic rings. The molecule has 1 amide bonds. The average Bonchev–Trinajstić information content (AvgIpc) is 2.40. The van der Waals surface area contributed by atoms with Crippen LogP contribution in [0.4, 0.5) is 10.1 Å². The number of carboxylic acids is 1. The first kappa shape index (κ1) is 15.7. The topological polar surface area (TPSA) is 66.4 Å². The normalized spacial score (nSPS) is 10.2. The minimum atomic E-state index is -1.32. The lowest BCUT2D eigenvalue weighted by atomic mass is 10.1. The van der Waals surface area contributed by atoms with E-state index in [0.717, 1.165) is 16.6 Å². The van der Waals surface area contributed by atoms with E-state index in [9.17, 15) is 14.0 Å². The zero-order valence-electron chi connectivity index (χ0n) is 10.4. The van der Waals surface area contributed by atoms with Crippen molar-refractivity contribution < 1.29 is 19.1 Å².